The van der Waals surface area contributed by atoms with E-state index in [1.807, 2.05) is 6.07 Å². The molecular formula is C13H15N3O2. The van der Waals surface area contributed by atoms with E-state index < -0.39 is 0 Å². The first-order valence-corrected chi connectivity index (χ1v) is 5.99. The highest BCUT2D eigenvalue weighted by molar-refractivity contribution is 5.96. The van der Waals surface area contributed by atoms with Gasteiger partial charge in [-0.2, -0.15) is 5.26 Å². The Labute approximate surface area is 106 Å². The summed E-state index contributed by atoms with van der Waals surface area (Å²) in [6.07, 6.45) is 1.94. The van der Waals surface area contributed by atoms with Gasteiger partial charge in [0.15, 0.2) is 5.78 Å². The van der Waals surface area contributed by atoms with E-state index in [0.29, 0.717) is 18.5 Å². The van der Waals surface area contributed by atoms with Gasteiger partial charge in [-0.15, -0.1) is 0 Å². The molecule has 0 unspecified atom stereocenters. The molecule has 1 aromatic heterocycles. The van der Waals surface area contributed by atoms with Crippen LogP contribution in [0.4, 0.5) is 0 Å². The summed E-state index contributed by atoms with van der Waals surface area (Å²) in [5, 5.41) is 8.92. The van der Waals surface area contributed by atoms with Gasteiger partial charge in [-0.1, -0.05) is 0 Å². The fourth-order valence-corrected chi connectivity index (χ4v) is 1.92. The molecule has 0 aromatic carbocycles. The number of carbonyl (C=O) groups excluding carboxylic acids is 1. The van der Waals surface area contributed by atoms with Gasteiger partial charge >= 0.3 is 0 Å². The maximum Gasteiger partial charge on any atom is 0.183 e. The molecule has 2 heterocycles. The molecule has 0 amide bonds. The van der Waals surface area contributed by atoms with Gasteiger partial charge in [0.2, 0.25) is 0 Å². The van der Waals surface area contributed by atoms with Crippen LogP contribution in [0.1, 0.15) is 22.5 Å². The Morgan fingerprint density at radius 3 is 3.00 bits per heavy atom. The molecule has 0 radical (unpaired) electrons. The number of Topliss-reactive ketones (excluding diaryl/α,β-unsaturated/α-hetero) is 1. The number of ketones is 1. The average molecular weight is 245 g/mol. The molecule has 0 spiro atoms. The number of ether oxygens (including phenoxy) is 1. The summed E-state index contributed by atoms with van der Waals surface area (Å²) in [6.45, 7) is 3.87. The molecule has 1 fully saturated rings. The molecule has 0 aliphatic carbocycles. The standard InChI is InChI=1S/C13H15N3O2/c14-10-11-2-1-4-15-13(11)12(17)3-5-16-6-8-18-9-7-16/h1-2,4H,3,5-9H2. The average Bonchev–Trinajstić information content (AvgIpc) is 2.45. The molecule has 2 rings (SSSR count). The molecule has 0 bridgehead atoms. The molecule has 0 atom stereocenters. The number of carbonyl (C=O) groups is 1. The molecule has 5 heteroatoms. The van der Waals surface area contributed by atoms with Crippen molar-refractivity contribution in [1.29, 1.82) is 5.26 Å². The number of hydrogen-bond donors (Lipinski definition) is 0. The number of aromatic nitrogens is 1. The SMILES string of the molecule is N#Cc1cccnc1C(=O)CCN1CCOCC1. The quantitative estimate of drug-likeness (QED) is 0.736. The van der Waals surface area contributed by atoms with E-state index in [1.54, 1.807) is 18.3 Å². The molecule has 5 nitrogen and oxygen atoms in total. The van der Waals surface area contributed by atoms with Crippen LogP contribution in [0.5, 0.6) is 0 Å². The molecule has 1 aliphatic rings. The van der Waals surface area contributed by atoms with E-state index >= 15 is 0 Å². The summed E-state index contributed by atoms with van der Waals surface area (Å²) in [5.74, 6) is -0.0707. The summed E-state index contributed by atoms with van der Waals surface area (Å²) in [4.78, 5) is 18.2. The number of pyridine rings is 1. The lowest BCUT2D eigenvalue weighted by atomic mass is 10.1. The lowest BCUT2D eigenvalue weighted by molar-refractivity contribution is 0.0369. The van der Waals surface area contributed by atoms with E-state index in [0.717, 1.165) is 26.3 Å². The van der Waals surface area contributed by atoms with Gasteiger partial charge in [0.25, 0.3) is 0 Å². The smallest absolute Gasteiger partial charge is 0.183 e. The minimum Gasteiger partial charge on any atom is -0.379 e. The third-order valence-corrected chi connectivity index (χ3v) is 2.95. The molecule has 1 saturated heterocycles. The van der Waals surface area contributed by atoms with E-state index in [2.05, 4.69) is 9.88 Å². The largest absolute Gasteiger partial charge is 0.379 e. The summed E-state index contributed by atoms with van der Waals surface area (Å²) >= 11 is 0. The maximum absolute atomic E-state index is 12.0. The van der Waals surface area contributed by atoms with E-state index in [4.69, 9.17) is 10.00 Å². The molecule has 1 aliphatic heterocycles. The highest BCUT2D eigenvalue weighted by atomic mass is 16.5. The second-order valence-electron chi connectivity index (χ2n) is 4.14. The zero-order valence-corrected chi connectivity index (χ0v) is 10.1. The third kappa shape index (κ3) is 3.13. The molecular weight excluding hydrogens is 230 g/mol. The van der Waals surface area contributed by atoms with E-state index in [9.17, 15) is 4.79 Å². The van der Waals surface area contributed by atoms with Crippen LogP contribution in [-0.4, -0.2) is 48.5 Å². The van der Waals surface area contributed by atoms with E-state index in [1.165, 1.54) is 0 Å². The van der Waals surface area contributed by atoms with E-state index in [-0.39, 0.29) is 11.5 Å². The molecule has 18 heavy (non-hydrogen) atoms. The van der Waals surface area contributed by atoms with Crippen molar-refractivity contribution in [3.05, 3.63) is 29.6 Å². The molecule has 0 N–H and O–H groups in total. The van der Waals surface area contributed by atoms with Crippen molar-refractivity contribution < 1.29 is 9.53 Å². The fraction of sp³-hybridized carbons (Fsp3) is 0.462. The molecule has 1 aromatic rings. The summed E-state index contributed by atoms with van der Waals surface area (Å²) in [7, 11) is 0. The van der Waals surface area contributed by atoms with Crippen LogP contribution in [0.3, 0.4) is 0 Å². The second-order valence-corrected chi connectivity index (χ2v) is 4.14. The Morgan fingerprint density at radius 2 is 2.28 bits per heavy atom. The minimum atomic E-state index is -0.0707. The van der Waals surface area contributed by atoms with Gasteiger partial charge in [-0.05, 0) is 12.1 Å². The van der Waals surface area contributed by atoms with Crippen LogP contribution in [0.15, 0.2) is 18.3 Å². The third-order valence-electron chi connectivity index (χ3n) is 2.95. The lowest BCUT2D eigenvalue weighted by Gasteiger charge is -2.26. The van der Waals surface area contributed by atoms with Crippen molar-refractivity contribution in [1.82, 2.24) is 9.88 Å². The van der Waals surface area contributed by atoms with Crippen molar-refractivity contribution in [3.8, 4) is 6.07 Å². The first-order chi connectivity index (χ1) is 8.81. The van der Waals surface area contributed by atoms with Crippen molar-refractivity contribution in [2.45, 2.75) is 6.42 Å². The maximum atomic E-state index is 12.0. The molecule has 0 saturated carbocycles. The number of nitrogens with zero attached hydrogens (tertiary/aromatic N) is 3. The van der Waals surface area contributed by atoms with Gasteiger partial charge in [-0.25, -0.2) is 0 Å². The first-order valence-electron chi connectivity index (χ1n) is 5.99. The Hall–Kier alpha value is -1.77. The normalized spacial score (nSPS) is 16.2. The summed E-state index contributed by atoms with van der Waals surface area (Å²) in [6, 6.07) is 5.28. The van der Waals surface area contributed by atoms with Crippen LogP contribution < -0.4 is 0 Å². The van der Waals surface area contributed by atoms with Gasteiger partial charge < -0.3 is 4.74 Å². The minimum absolute atomic E-state index is 0.0707. The van der Waals surface area contributed by atoms with Gasteiger partial charge in [0, 0.05) is 32.3 Å². The highest BCUT2D eigenvalue weighted by Crippen LogP contribution is 2.08. The summed E-state index contributed by atoms with van der Waals surface area (Å²) < 4.78 is 5.25. The number of hydrogen-bond acceptors (Lipinski definition) is 5. The highest BCUT2D eigenvalue weighted by Gasteiger charge is 2.15. The fourth-order valence-electron chi connectivity index (χ4n) is 1.92. The molecule has 94 valence electrons. The monoisotopic (exact) mass is 245 g/mol. The van der Waals surface area contributed by atoms with Crippen LogP contribution in [0, 0.1) is 11.3 Å². The summed E-state index contributed by atoms with van der Waals surface area (Å²) in [5.41, 5.74) is 0.637. The van der Waals surface area contributed by atoms with Crippen LogP contribution in [-0.2, 0) is 4.74 Å². The topological polar surface area (TPSA) is 66.2 Å². The number of morpholine rings is 1. The Balaban J connectivity index is 1.93. The Kier molecular flexibility index (Phi) is 4.40. The van der Waals surface area contributed by atoms with Gasteiger partial charge in [0.1, 0.15) is 11.8 Å². The zero-order chi connectivity index (χ0) is 12.8. The first kappa shape index (κ1) is 12.7. The predicted octanol–water partition coefficient (Wildman–Crippen LogP) is 0.858. The van der Waals surface area contributed by atoms with Crippen molar-refractivity contribution in [2.75, 3.05) is 32.8 Å². The predicted molar refractivity (Wildman–Crippen MR) is 65.2 cm³/mol. The Bertz CT molecular complexity index is 462. The second kappa shape index (κ2) is 6.24. The number of nitriles is 1. The zero-order valence-electron chi connectivity index (χ0n) is 10.1. The Morgan fingerprint density at radius 1 is 1.50 bits per heavy atom. The van der Waals surface area contributed by atoms with Crippen LogP contribution in [0.25, 0.3) is 0 Å². The van der Waals surface area contributed by atoms with Gasteiger partial charge in [0.05, 0.1) is 18.8 Å². The van der Waals surface area contributed by atoms with Crippen molar-refractivity contribution in [3.63, 3.8) is 0 Å². The van der Waals surface area contributed by atoms with Gasteiger partial charge in [-0.3, -0.25) is 14.7 Å². The van der Waals surface area contributed by atoms with Crippen molar-refractivity contribution >= 4 is 5.78 Å². The lowest BCUT2D eigenvalue weighted by Crippen LogP contribution is -2.37. The van der Waals surface area contributed by atoms with Crippen LogP contribution in [0.2, 0.25) is 0 Å². The number of rotatable bonds is 4. The van der Waals surface area contributed by atoms with Crippen LogP contribution >= 0.6 is 0 Å². The van der Waals surface area contributed by atoms with Crippen molar-refractivity contribution in [2.24, 2.45) is 0 Å².